The van der Waals surface area contributed by atoms with E-state index >= 15 is 0 Å². The van der Waals surface area contributed by atoms with Crippen LogP contribution in [0.4, 0.5) is 30.4 Å². The average Bonchev–Trinajstić information content (AvgIpc) is 2.48. The fourth-order valence-electron chi connectivity index (χ4n) is 2.02. The van der Waals surface area contributed by atoms with Gasteiger partial charge < -0.3 is 10.6 Å². The average molecular weight is 337 g/mol. The third kappa shape index (κ3) is 5.26. The van der Waals surface area contributed by atoms with Gasteiger partial charge in [0.25, 0.3) is 0 Å². The molecule has 0 saturated carbocycles. The van der Waals surface area contributed by atoms with E-state index in [1.807, 2.05) is 13.8 Å². The molecule has 128 valence electrons. The molecule has 0 saturated heterocycles. The molecule has 0 bridgehead atoms. The maximum absolute atomic E-state index is 12.5. The van der Waals surface area contributed by atoms with Crippen molar-refractivity contribution in [1.82, 2.24) is 4.98 Å². The predicted molar refractivity (Wildman–Crippen MR) is 87.0 cm³/mol. The number of alkyl halides is 3. The molecule has 0 aliphatic carbocycles. The van der Waals surface area contributed by atoms with E-state index in [0.717, 1.165) is 12.1 Å². The Morgan fingerprint density at radius 1 is 1.08 bits per heavy atom. The standard InChI is InChI=1S/C17H18F3N3O/c1-11(2)9-16(24)23-15-8-7-14(10-21-15)22-13-5-3-12(4-6-13)17(18,19)20/h3-8,10-11,22H,9H2,1-2H3,(H,21,23,24). The predicted octanol–water partition coefficient (Wildman–Crippen LogP) is 4.83. The molecule has 0 radical (unpaired) electrons. The molecule has 7 heteroatoms. The first kappa shape index (κ1) is 17.8. The topological polar surface area (TPSA) is 54.0 Å². The smallest absolute Gasteiger partial charge is 0.354 e. The van der Waals surface area contributed by atoms with Crippen LogP contribution in [0, 0.1) is 5.92 Å². The third-order valence-electron chi connectivity index (χ3n) is 3.13. The van der Waals surface area contributed by atoms with Crippen LogP contribution < -0.4 is 10.6 Å². The lowest BCUT2D eigenvalue weighted by Crippen LogP contribution is -2.14. The van der Waals surface area contributed by atoms with Crippen LogP contribution in [0.15, 0.2) is 42.6 Å². The maximum atomic E-state index is 12.5. The molecule has 0 aliphatic heterocycles. The van der Waals surface area contributed by atoms with Gasteiger partial charge in [-0.25, -0.2) is 4.98 Å². The minimum absolute atomic E-state index is 0.110. The summed E-state index contributed by atoms with van der Waals surface area (Å²) in [4.78, 5) is 15.8. The lowest BCUT2D eigenvalue weighted by Gasteiger charge is -2.10. The summed E-state index contributed by atoms with van der Waals surface area (Å²) < 4.78 is 37.5. The Kier molecular flexibility index (Phi) is 5.43. The van der Waals surface area contributed by atoms with Crippen LogP contribution in [0.2, 0.25) is 0 Å². The van der Waals surface area contributed by atoms with E-state index in [4.69, 9.17) is 0 Å². The van der Waals surface area contributed by atoms with Crippen LogP contribution in [0.25, 0.3) is 0 Å². The number of aromatic nitrogens is 1. The molecule has 0 atom stereocenters. The first-order valence-corrected chi connectivity index (χ1v) is 7.44. The monoisotopic (exact) mass is 337 g/mol. The van der Waals surface area contributed by atoms with Crippen molar-refractivity contribution in [1.29, 1.82) is 0 Å². The molecule has 2 aromatic rings. The highest BCUT2D eigenvalue weighted by molar-refractivity contribution is 5.89. The molecule has 0 spiro atoms. The quantitative estimate of drug-likeness (QED) is 0.822. The van der Waals surface area contributed by atoms with Crippen LogP contribution in [0.3, 0.4) is 0 Å². The number of nitrogens with one attached hydrogen (secondary N) is 2. The van der Waals surface area contributed by atoms with Gasteiger partial charge in [0.2, 0.25) is 5.91 Å². The lowest BCUT2D eigenvalue weighted by molar-refractivity contribution is -0.137. The summed E-state index contributed by atoms with van der Waals surface area (Å²) in [6, 6.07) is 8.04. The molecule has 4 nitrogen and oxygen atoms in total. The van der Waals surface area contributed by atoms with Crippen molar-refractivity contribution >= 4 is 23.1 Å². The van der Waals surface area contributed by atoms with Gasteiger partial charge in [-0.15, -0.1) is 0 Å². The summed E-state index contributed by atoms with van der Waals surface area (Å²) in [5.41, 5.74) is 0.424. The van der Waals surface area contributed by atoms with Crippen LogP contribution in [0.1, 0.15) is 25.8 Å². The van der Waals surface area contributed by atoms with Crippen LogP contribution >= 0.6 is 0 Å². The van der Waals surface area contributed by atoms with Crippen molar-refractivity contribution in [2.45, 2.75) is 26.4 Å². The van der Waals surface area contributed by atoms with Gasteiger partial charge in [-0.05, 0) is 42.3 Å². The fourth-order valence-corrected chi connectivity index (χ4v) is 2.02. The zero-order valence-electron chi connectivity index (χ0n) is 13.3. The lowest BCUT2D eigenvalue weighted by atomic mass is 10.1. The van der Waals surface area contributed by atoms with Gasteiger partial charge in [0.1, 0.15) is 5.82 Å². The number of anilines is 3. The molecular formula is C17H18F3N3O. The Hall–Kier alpha value is -2.57. The minimum atomic E-state index is -4.35. The summed E-state index contributed by atoms with van der Waals surface area (Å²) >= 11 is 0. The van der Waals surface area contributed by atoms with Crippen molar-refractivity contribution in [3.05, 3.63) is 48.2 Å². The zero-order chi connectivity index (χ0) is 17.7. The molecule has 0 fully saturated rings. The molecule has 1 heterocycles. The normalized spacial score (nSPS) is 11.4. The number of benzene rings is 1. The van der Waals surface area contributed by atoms with Crippen molar-refractivity contribution in [3.8, 4) is 0 Å². The number of amides is 1. The number of hydrogen-bond acceptors (Lipinski definition) is 3. The van der Waals surface area contributed by atoms with E-state index in [9.17, 15) is 18.0 Å². The second kappa shape index (κ2) is 7.33. The molecule has 0 unspecified atom stereocenters. The Bertz CT molecular complexity index is 680. The molecule has 24 heavy (non-hydrogen) atoms. The number of hydrogen-bond donors (Lipinski definition) is 2. The molecule has 2 rings (SSSR count). The Labute approximate surface area is 138 Å². The van der Waals surface area contributed by atoms with Crippen LogP contribution in [-0.2, 0) is 11.0 Å². The van der Waals surface area contributed by atoms with Crippen LogP contribution in [0.5, 0.6) is 0 Å². The maximum Gasteiger partial charge on any atom is 0.416 e. The van der Waals surface area contributed by atoms with Gasteiger partial charge in [0, 0.05) is 12.1 Å². The highest BCUT2D eigenvalue weighted by atomic mass is 19.4. The molecule has 1 amide bonds. The number of rotatable bonds is 5. The number of nitrogens with zero attached hydrogens (tertiary/aromatic N) is 1. The summed E-state index contributed by atoms with van der Waals surface area (Å²) in [6.45, 7) is 3.90. The molecule has 0 aliphatic rings. The second-order valence-electron chi connectivity index (χ2n) is 5.78. The van der Waals surface area contributed by atoms with E-state index in [-0.39, 0.29) is 11.8 Å². The van der Waals surface area contributed by atoms with Gasteiger partial charge in [0.15, 0.2) is 0 Å². The van der Waals surface area contributed by atoms with Gasteiger partial charge >= 0.3 is 6.18 Å². The van der Waals surface area contributed by atoms with E-state index in [0.29, 0.717) is 23.6 Å². The fraction of sp³-hybridized carbons (Fsp3) is 0.294. The second-order valence-corrected chi connectivity index (χ2v) is 5.78. The highest BCUT2D eigenvalue weighted by Gasteiger charge is 2.29. The number of carbonyl (C=O) groups is 1. The van der Waals surface area contributed by atoms with Gasteiger partial charge in [-0.2, -0.15) is 13.2 Å². The Morgan fingerprint density at radius 3 is 2.21 bits per heavy atom. The van der Waals surface area contributed by atoms with Gasteiger partial charge in [-0.3, -0.25) is 4.79 Å². The summed E-state index contributed by atoms with van der Waals surface area (Å²) in [7, 11) is 0. The highest BCUT2D eigenvalue weighted by Crippen LogP contribution is 2.30. The van der Waals surface area contributed by atoms with Crippen molar-refractivity contribution in [2.24, 2.45) is 5.92 Å². The Balaban J connectivity index is 1.97. The largest absolute Gasteiger partial charge is 0.416 e. The van der Waals surface area contributed by atoms with E-state index in [2.05, 4.69) is 15.6 Å². The van der Waals surface area contributed by atoms with Crippen LogP contribution in [-0.4, -0.2) is 10.9 Å². The van der Waals surface area contributed by atoms with Gasteiger partial charge in [0.05, 0.1) is 17.4 Å². The van der Waals surface area contributed by atoms with E-state index < -0.39 is 11.7 Å². The molecule has 1 aromatic heterocycles. The van der Waals surface area contributed by atoms with Crippen molar-refractivity contribution in [2.75, 3.05) is 10.6 Å². The molecular weight excluding hydrogens is 319 g/mol. The SMILES string of the molecule is CC(C)CC(=O)Nc1ccc(Nc2ccc(C(F)(F)F)cc2)cn1. The molecule has 2 N–H and O–H groups in total. The summed E-state index contributed by atoms with van der Waals surface area (Å²) in [5, 5.41) is 5.64. The summed E-state index contributed by atoms with van der Waals surface area (Å²) in [6.07, 6.45) is -2.44. The van der Waals surface area contributed by atoms with Crippen molar-refractivity contribution < 1.29 is 18.0 Å². The minimum Gasteiger partial charge on any atom is -0.354 e. The van der Waals surface area contributed by atoms with Gasteiger partial charge in [-0.1, -0.05) is 13.8 Å². The number of halogens is 3. The number of pyridine rings is 1. The Morgan fingerprint density at radius 2 is 1.71 bits per heavy atom. The first-order valence-electron chi connectivity index (χ1n) is 7.44. The van der Waals surface area contributed by atoms with E-state index in [1.54, 1.807) is 12.1 Å². The molecule has 1 aromatic carbocycles. The van der Waals surface area contributed by atoms with Crippen molar-refractivity contribution in [3.63, 3.8) is 0 Å². The number of carbonyl (C=O) groups excluding carboxylic acids is 1. The van der Waals surface area contributed by atoms with E-state index in [1.165, 1.54) is 18.3 Å². The zero-order valence-corrected chi connectivity index (χ0v) is 13.3. The third-order valence-corrected chi connectivity index (χ3v) is 3.13. The summed E-state index contributed by atoms with van der Waals surface area (Å²) in [5.74, 6) is 0.574. The first-order chi connectivity index (χ1) is 11.2.